The zero-order valence-electron chi connectivity index (χ0n) is 12.4. The fourth-order valence-corrected chi connectivity index (χ4v) is 1.87. The van der Waals surface area contributed by atoms with E-state index in [1.165, 1.54) is 11.1 Å². The van der Waals surface area contributed by atoms with Gasteiger partial charge in [0.2, 0.25) is 0 Å². The van der Waals surface area contributed by atoms with Gasteiger partial charge in [0.05, 0.1) is 6.20 Å². The highest BCUT2D eigenvalue weighted by molar-refractivity contribution is 5.62. The molecule has 0 fully saturated rings. The molecule has 0 amide bonds. The Hall–Kier alpha value is -1.61. The summed E-state index contributed by atoms with van der Waals surface area (Å²) >= 11 is 0. The third kappa shape index (κ3) is 3.44. The quantitative estimate of drug-likeness (QED) is 0.908. The van der Waals surface area contributed by atoms with Crippen LogP contribution in [-0.4, -0.2) is 10.7 Å². The van der Waals surface area contributed by atoms with E-state index in [0.717, 1.165) is 23.4 Å². The largest absolute Gasteiger partial charge is 0.356 e. The average Bonchev–Trinajstić information content (AvgIpc) is 2.77. The summed E-state index contributed by atoms with van der Waals surface area (Å²) < 4.78 is 5.42. The summed E-state index contributed by atoms with van der Waals surface area (Å²) in [6.07, 6.45) is 1.79. The van der Waals surface area contributed by atoms with Crippen LogP contribution in [0.25, 0.3) is 11.3 Å². The van der Waals surface area contributed by atoms with Crippen LogP contribution in [0, 0.1) is 13.8 Å². The maximum Gasteiger partial charge on any atom is 0.171 e. The molecule has 3 nitrogen and oxygen atoms in total. The van der Waals surface area contributed by atoms with Gasteiger partial charge >= 0.3 is 0 Å². The normalized spacial score (nSPS) is 11.8. The lowest BCUT2D eigenvalue weighted by molar-refractivity contribution is 0.418. The van der Waals surface area contributed by atoms with Crippen molar-refractivity contribution < 1.29 is 4.52 Å². The minimum atomic E-state index is 0.0811. The molecule has 1 aromatic heterocycles. The van der Waals surface area contributed by atoms with Crippen molar-refractivity contribution in [2.45, 2.75) is 46.7 Å². The molecule has 0 unspecified atom stereocenters. The summed E-state index contributed by atoms with van der Waals surface area (Å²) in [5.41, 5.74) is 4.82. The van der Waals surface area contributed by atoms with Crippen molar-refractivity contribution in [2.75, 3.05) is 0 Å². The van der Waals surface area contributed by atoms with E-state index < -0.39 is 0 Å². The molecule has 0 aliphatic rings. The zero-order valence-corrected chi connectivity index (χ0v) is 12.4. The maximum absolute atomic E-state index is 5.42. The number of benzene rings is 1. The Morgan fingerprint density at radius 2 is 1.89 bits per heavy atom. The second kappa shape index (κ2) is 5.17. The van der Waals surface area contributed by atoms with Crippen LogP contribution in [0.15, 0.2) is 28.9 Å². The molecule has 1 aromatic carbocycles. The van der Waals surface area contributed by atoms with Crippen molar-refractivity contribution in [3.05, 3.63) is 41.1 Å². The molecule has 102 valence electrons. The predicted molar refractivity (Wildman–Crippen MR) is 78.0 cm³/mol. The van der Waals surface area contributed by atoms with Crippen LogP contribution in [0.2, 0.25) is 0 Å². The van der Waals surface area contributed by atoms with E-state index in [9.17, 15) is 0 Å². The summed E-state index contributed by atoms with van der Waals surface area (Å²) in [4.78, 5) is 0. The van der Waals surface area contributed by atoms with Gasteiger partial charge in [-0.25, -0.2) is 0 Å². The Morgan fingerprint density at radius 1 is 1.16 bits per heavy atom. The highest BCUT2D eigenvalue weighted by Gasteiger charge is 2.14. The molecule has 2 rings (SSSR count). The third-order valence-electron chi connectivity index (χ3n) is 3.22. The van der Waals surface area contributed by atoms with Crippen LogP contribution in [0.3, 0.4) is 0 Å². The molecule has 1 N–H and O–H groups in total. The zero-order chi connectivity index (χ0) is 14.0. The minimum Gasteiger partial charge on any atom is -0.356 e. The number of rotatable bonds is 3. The lowest BCUT2D eigenvalue weighted by Crippen LogP contribution is -2.35. The van der Waals surface area contributed by atoms with Gasteiger partial charge in [-0.3, -0.25) is 0 Å². The van der Waals surface area contributed by atoms with Crippen LogP contribution >= 0.6 is 0 Å². The standard InChI is InChI=1S/C16H22N2O/c1-11-6-7-13(8-12(11)2)15-14(10-18-19-15)9-17-16(3,4)5/h6-8,10,17H,9H2,1-5H3. The van der Waals surface area contributed by atoms with Crippen molar-refractivity contribution in [3.63, 3.8) is 0 Å². The first kappa shape index (κ1) is 13.8. The van der Waals surface area contributed by atoms with Crippen LogP contribution in [-0.2, 0) is 6.54 Å². The summed E-state index contributed by atoms with van der Waals surface area (Å²) in [6.45, 7) is 11.4. The summed E-state index contributed by atoms with van der Waals surface area (Å²) in [5, 5.41) is 7.40. The average molecular weight is 258 g/mol. The predicted octanol–water partition coefficient (Wildman–Crippen LogP) is 3.85. The number of nitrogens with one attached hydrogen (secondary N) is 1. The Bertz CT molecular complexity index is 564. The molecule has 0 radical (unpaired) electrons. The SMILES string of the molecule is Cc1ccc(-c2oncc2CNC(C)(C)C)cc1C. The molecule has 0 saturated carbocycles. The fraction of sp³-hybridized carbons (Fsp3) is 0.438. The van der Waals surface area contributed by atoms with E-state index in [1.807, 2.05) is 0 Å². The van der Waals surface area contributed by atoms with Crippen molar-refractivity contribution >= 4 is 0 Å². The monoisotopic (exact) mass is 258 g/mol. The molecule has 2 aromatic rings. The Kier molecular flexibility index (Phi) is 3.76. The Balaban J connectivity index is 2.26. The second-order valence-corrected chi connectivity index (χ2v) is 6.08. The number of aryl methyl sites for hydroxylation is 2. The van der Waals surface area contributed by atoms with Crippen LogP contribution < -0.4 is 5.32 Å². The van der Waals surface area contributed by atoms with Gasteiger partial charge in [-0.2, -0.15) is 0 Å². The number of nitrogens with zero attached hydrogens (tertiary/aromatic N) is 1. The van der Waals surface area contributed by atoms with Crippen molar-refractivity contribution in [2.24, 2.45) is 0 Å². The second-order valence-electron chi connectivity index (χ2n) is 6.08. The van der Waals surface area contributed by atoms with Gasteiger partial charge in [-0.1, -0.05) is 17.3 Å². The summed E-state index contributed by atoms with van der Waals surface area (Å²) in [7, 11) is 0. The van der Waals surface area contributed by atoms with Crippen LogP contribution in [0.5, 0.6) is 0 Å². The van der Waals surface area contributed by atoms with Crippen molar-refractivity contribution in [3.8, 4) is 11.3 Å². The summed E-state index contributed by atoms with van der Waals surface area (Å²) in [5.74, 6) is 0.861. The number of aromatic nitrogens is 1. The maximum atomic E-state index is 5.42. The summed E-state index contributed by atoms with van der Waals surface area (Å²) in [6, 6.07) is 6.36. The minimum absolute atomic E-state index is 0.0811. The van der Waals surface area contributed by atoms with Gasteiger partial charge in [0.1, 0.15) is 0 Å². The molecule has 0 aliphatic carbocycles. The first-order chi connectivity index (χ1) is 8.87. The molecule has 19 heavy (non-hydrogen) atoms. The number of hydrogen-bond donors (Lipinski definition) is 1. The molecule has 0 spiro atoms. The van der Waals surface area contributed by atoms with Crippen molar-refractivity contribution in [1.29, 1.82) is 0 Å². The lowest BCUT2D eigenvalue weighted by Gasteiger charge is -2.20. The van der Waals surface area contributed by atoms with E-state index in [0.29, 0.717) is 0 Å². The van der Waals surface area contributed by atoms with Gasteiger partial charge in [0.15, 0.2) is 5.76 Å². The smallest absolute Gasteiger partial charge is 0.171 e. The number of hydrogen-bond acceptors (Lipinski definition) is 3. The molecular weight excluding hydrogens is 236 g/mol. The first-order valence-electron chi connectivity index (χ1n) is 6.63. The van der Waals surface area contributed by atoms with Gasteiger partial charge < -0.3 is 9.84 Å². The van der Waals surface area contributed by atoms with Gasteiger partial charge in [0.25, 0.3) is 0 Å². The van der Waals surface area contributed by atoms with Gasteiger partial charge in [-0.05, 0) is 51.8 Å². The highest BCUT2D eigenvalue weighted by atomic mass is 16.5. The third-order valence-corrected chi connectivity index (χ3v) is 3.22. The fourth-order valence-electron chi connectivity index (χ4n) is 1.87. The van der Waals surface area contributed by atoms with Gasteiger partial charge in [0, 0.05) is 23.2 Å². The lowest BCUT2D eigenvalue weighted by atomic mass is 10.0. The highest BCUT2D eigenvalue weighted by Crippen LogP contribution is 2.25. The topological polar surface area (TPSA) is 38.1 Å². The Morgan fingerprint density at radius 3 is 2.53 bits per heavy atom. The first-order valence-corrected chi connectivity index (χ1v) is 6.63. The van der Waals surface area contributed by atoms with Crippen LogP contribution in [0.4, 0.5) is 0 Å². The molecule has 0 bridgehead atoms. The van der Waals surface area contributed by atoms with Crippen molar-refractivity contribution in [1.82, 2.24) is 10.5 Å². The molecule has 0 saturated heterocycles. The van der Waals surface area contributed by atoms with Crippen LogP contribution in [0.1, 0.15) is 37.5 Å². The molecule has 0 aliphatic heterocycles. The molecule has 3 heteroatoms. The van der Waals surface area contributed by atoms with E-state index in [4.69, 9.17) is 4.52 Å². The molecular formula is C16H22N2O. The molecule has 0 atom stereocenters. The van der Waals surface area contributed by atoms with E-state index >= 15 is 0 Å². The van der Waals surface area contributed by atoms with E-state index in [1.54, 1.807) is 6.20 Å². The van der Waals surface area contributed by atoms with E-state index in [2.05, 4.69) is 63.3 Å². The molecule has 1 heterocycles. The van der Waals surface area contributed by atoms with E-state index in [-0.39, 0.29) is 5.54 Å². The van der Waals surface area contributed by atoms with Gasteiger partial charge in [-0.15, -0.1) is 0 Å². The Labute approximate surface area is 115 Å².